The van der Waals surface area contributed by atoms with Gasteiger partial charge in [-0.1, -0.05) is 26.8 Å². The van der Waals surface area contributed by atoms with Crippen LogP contribution < -0.4 is 5.32 Å². The summed E-state index contributed by atoms with van der Waals surface area (Å²) in [6.45, 7) is 7.74. The van der Waals surface area contributed by atoms with Crippen LogP contribution in [0, 0.1) is 5.41 Å². The van der Waals surface area contributed by atoms with Gasteiger partial charge in [-0.05, 0) is 47.9 Å². The normalized spacial score (nSPS) is 18.5. The fourth-order valence-corrected chi connectivity index (χ4v) is 2.63. The Morgan fingerprint density at radius 3 is 2.75 bits per heavy atom. The Hall–Kier alpha value is -1.35. The summed E-state index contributed by atoms with van der Waals surface area (Å²) in [5, 5.41) is 3.65. The first-order valence-electron chi connectivity index (χ1n) is 7.32. The second-order valence-electron chi connectivity index (χ2n) is 6.86. The molecule has 0 saturated heterocycles. The standard InChI is InChI=1S/C17H25NO2/c1-17(2,3)11-18-15-8-7-12-5-6-13(16(19)20-4)9-14(12)10-15/h5-6,9,15,18H,7-8,10-11H2,1-4H3/t15-/m0/s1. The van der Waals surface area contributed by atoms with Gasteiger partial charge in [-0.3, -0.25) is 0 Å². The monoisotopic (exact) mass is 275 g/mol. The van der Waals surface area contributed by atoms with Gasteiger partial charge in [0.1, 0.15) is 0 Å². The van der Waals surface area contributed by atoms with Crippen molar-refractivity contribution in [3.05, 3.63) is 34.9 Å². The van der Waals surface area contributed by atoms with Crippen molar-refractivity contribution in [2.24, 2.45) is 5.41 Å². The number of benzene rings is 1. The van der Waals surface area contributed by atoms with Crippen LogP contribution >= 0.6 is 0 Å². The zero-order valence-corrected chi connectivity index (χ0v) is 13.0. The largest absolute Gasteiger partial charge is 0.465 e. The van der Waals surface area contributed by atoms with E-state index in [0.717, 1.165) is 19.4 Å². The predicted molar refractivity (Wildman–Crippen MR) is 81.1 cm³/mol. The maximum absolute atomic E-state index is 11.6. The smallest absolute Gasteiger partial charge is 0.337 e. The number of esters is 1. The van der Waals surface area contributed by atoms with Crippen molar-refractivity contribution in [2.45, 2.75) is 46.1 Å². The van der Waals surface area contributed by atoms with Gasteiger partial charge in [-0.25, -0.2) is 4.79 Å². The van der Waals surface area contributed by atoms with E-state index in [4.69, 9.17) is 4.74 Å². The lowest BCUT2D eigenvalue weighted by Crippen LogP contribution is -2.39. The summed E-state index contributed by atoms with van der Waals surface area (Å²) < 4.78 is 4.79. The molecule has 0 unspecified atom stereocenters. The van der Waals surface area contributed by atoms with Gasteiger partial charge in [0, 0.05) is 12.6 Å². The molecule has 0 spiro atoms. The van der Waals surface area contributed by atoms with Gasteiger partial charge in [-0.2, -0.15) is 0 Å². The van der Waals surface area contributed by atoms with Crippen molar-refractivity contribution in [3.8, 4) is 0 Å². The Morgan fingerprint density at radius 1 is 1.35 bits per heavy atom. The average molecular weight is 275 g/mol. The fourth-order valence-electron chi connectivity index (χ4n) is 2.63. The summed E-state index contributed by atoms with van der Waals surface area (Å²) in [6, 6.07) is 6.44. The third-order valence-electron chi connectivity index (χ3n) is 3.78. The minimum Gasteiger partial charge on any atom is -0.465 e. The van der Waals surface area contributed by atoms with Crippen molar-refractivity contribution in [1.82, 2.24) is 5.32 Å². The number of methoxy groups -OCH3 is 1. The quantitative estimate of drug-likeness (QED) is 0.862. The summed E-state index contributed by atoms with van der Waals surface area (Å²) in [4.78, 5) is 11.6. The van der Waals surface area contributed by atoms with Gasteiger partial charge in [0.25, 0.3) is 0 Å². The zero-order valence-electron chi connectivity index (χ0n) is 13.0. The van der Waals surface area contributed by atoms with E-state index in [0.29, 0.717) is 17.0 Å². The first kappa shape index (κ1) is 15.0. The molecule has 0 aromatic heterocycles. The fraction of sp³-hybridized carbons (Fsp3) is 0.588. The highest BCUT2D eigenvalue weighted by Gasteiger charge is 2.21. The molecule has 1 N–H and O–H groups in total. The Balaban J connectivity index is 2.06. The minimum atomic E-state index is -0.252. The minimum absolute atomic E-state index is 0.252. The maximum atomic E-state index is 11.6. The highest BCUT2D eigenvalue weighted by atomic mass is 16.5. The van der Waals surface area contributed by atoms with E-state index >= 15 is 0 Å². The van der Waals surface area contributed by atoms with E-state index in [1.165, 1.54) is 24.7 Å². The van der Waals surface area contributed by atoms with Crippen molar-refractivity contribution < 1.29 is 9.53 Å². The lowest BCUT2D eigenvalue weighted by atomic mass is 9.86. The topological polar surface area (TPSA) is 38.3 Å². The van der Waals surface area contributed by atoms with Gasteiger partial charge in [-0.15, -0.1) is 0 Å². The lowest BCUT2D eigenvalue weighted by molar-refractivity contribution is 0.0600. The van der Waals surface area contributed by atoms with Crippen LogP contribution in [0.1, 0.15) is 48.7 Å². The number of fused-ring (bicyclic) bond motifs is 1. The Labute approximate surface area is 121 Å². The first-order valence-corrected chi connectivity index (χ1v) is 7.32. The molecule has 0 radical (unpaired) electrons. The van der Waals surface area contributed by atoms with Crippen molar-refractivity contribution in [3.63, 3.8) is 0 Å². The van der Waals surface area contributed by atoms with E-state index in [2.05, 4.69) is 32.2 Å². The van der Waals surface area contributed by atoms with Crippen LogP contribution in [0.2, 0.25) is 0 Å². The molecule has 0 bridgehead atoms. The summed E-state index contributed by atoms with van der Waals surface area (Å²) in [6.07, 6.45) is 3.25. The number of hydrogen-bond donors (Lipinski definition) is 1. The SMILES string of the molecule is COC(=O)c1ccc2c(c1)C[C@@H](NCC(C)(C)C)CC2. The molecule has 3 heteroatoms. The number of rotatable bonds is 3. The van der Waals surface area contributed by atoms with Gasteiger partial charge in [0.2, 0.25) is 0 Å². The van der Waals surface area contributed by atoms with E-state index in [1.54, 1.807) is 0 Å². The van der Waals surface area contributed by atoms with Crippen molar-refractivity contribution in [1.29, 1.82) is 0 Å². The molecule has 2 rings (SSSR count). The molecule has 20 heavy (non-hydrogen) atoms. The number of carbonyl (C=O) groups excluding carboxylic acids is 1. The summed E-state index contributed by atoms with van der Waals surface area (Å²) >= 11 is 0. The number of aryl methyl sites for hydroxylation is 1. The van der Waals surface area contributed by atoms with Crippen molar-refractivity contribution >= 4 is 5.97 Å². The predicted octanol–water partition coefficient (Wildman–Crippen LogP) is 2.97. The molecule has 1 atom stereocenters. The Bertz CT molecular complexity index is 488. The molecule has 0 heterocycles. The van der Waals surface area contributed by atoms with E-state index < -0.39 is 0 Å². The molecule has 0 aliphatic heterocycles. The van der Waals surface area contributed by atoms with Crippen molar-refractivity contribution in [2.75, 3.05) is 13.7 Å². The van der Waals surface area contributed by atoms with Crippen LogP contribution in [0.4, 0.5) is 0 Å². The molecule has 110 valence electrons. The number of carbonyl (C=O) groups is 1. The highest BCUT2D eigenvalue weighted by molar-refractivity contribution is 5.89. The Morgan fingerprint density at radius 2 is 2.10 bits per heavy atom. The van der Waals surface area contributed by atoms with Gasteiger partial charge >= 0.3 is 5.97 Å². The molecule has 3 nitrogen and oxygen atoms in total. The molecular formula is C17H25NO2. The summed E-state index contributed by atoms with van der Waals surface area (Å²) in [5.41, 5.74) is 3.61. The molecular weight excluding hydrogens is 250 g/mol. The van der Waals surface area contributed by atoms with Gasteiger partial charge in [0.05, 0.1) is 12.7 Å². The van der Waals surface area contributed by atoms with Gasteiger partial charge < -0.3 is 10.1 Å². The number of ether oxygens (including phenoxy) is 1. The molecule has 0 amide bonds. The van der Waals surface area contributed by atoms with Crippen LogP contribution in [0.3, 0.4) is 0 Å². The summed E-state index contributed by atoms with van der Waals surface area (Å²) in [5.74, 6) is -0.252. The van der Waals surface area contributed by atoms with Crippen LogP contribution in [-0.4, -0.2) is 25.7 Å². The second-order valence-corrected chi connectivity index (χ2v) is 6.86. The van der Waals surface area contributed by atoms with Crippen LogP contribution in [0.15, 0.2) is 18.2 Å². The maximum Gasteiger partial charge on any atom is 0.337 e. The first-order chi connectivity index (χ1) is 9.39. The summed E-state index contributed by atoms with van der Waals surface area (Å²) in [7, 11) is 1.43. The van der Waals surface area contributed by atoms with Gasteiger partial charge in [0.15, 0.2) is 0 Å². The molecule has 1 aliphatic rings. The average Bonchev–Trinajstić information content (AvgIpc) is 2.42. The second kappa shape index (κ2) is 5.96. The van der Waals surface area contributed by atoms with Crippen LogP contribution in [0.25, 0.3) is 0 Å². The third kappa shape index (κ3) is 3.83. The van der Waals surface area contributed by atoms with E-state index in [1.807, 2.05) is 12.1 Å². The number of nitrogens with one attached hydrogen (secondary N) is 1. The molecule has 0 saturated carbocycles. The van der Waals surface area contributed by atoms with Crippen LogP contribution in [0.5, 0.6) is 0 Å². The van der Waals surface area contributed by atoms with Crippen LogP contribution in [-0.2, 0) is 17.6 Å². The van der Waals surface area contributed by atoms with E-state index in [9.17, 15) is 4.79 Å². The highest BCUT2D eigenvalue weighted by Crippen LogP contribution is 2.24. The molecule has 0 fully saturated rings. The Kier molecular flexibility index (Phi) is 4.48. The zero-order chi connectivity index (χ0) is 14.8. The molecule has 1 aromatic rings. The van der Waals surface area contributed by atoms with E-state index in [-0.39, 0.29) is 5.97 Å². The number of hydrogen-bond acceptors (Lipinski definition) is 3. The molecule has 1 aliphatic carbocycles. The third-order valence-corrected chi connectivity index (χ3v) is 3.78. The molecule has 1 aromatic carbocycles. The lowest BCUT2D eigenvalue weighted by Gasteiger charge is -2.29.